The van der Waals surface area contributed by atoms with Gasteiger partial charge in [0.2, 0.25) is 0 Å². The van der Waals surface area contributed by atoms with Gasteiger partial charge in [-0.1, -0.05) is 19.1 Å². The largest absolute Gasteiger partial charge is 0.381 e. The normalized spacial score (nSPS) is 10.2. The fraction of sp³-hybridized carbons (Fsp3) is 0.214. The molecule has 0 saturated carbocycles. The van der Waals surface area contributed by atoms with Crippen LogP contribution >= 0.6 is 15.9 Å². The predicted molar refractivity (Wildman–Crippen MR) is 75.1 cm³/mol. The molecule has 2 aromatic rings. The van der Waals surface area contributed by atoms with E-state index in [0.29, 0.717) is 0 Å². The van der Waals surface area contributed by atoms with E-state index in [2.05, 4.69) is 63.5 Å². The number of hydrogen-bond donors (Lipinski definition) is 1. The molecule has 1 aromatic carbocycles. The highest BCUT2D eigenvalue weighted by atomic mass is 79.9. The number of benzene rings is 1. The number of pyridine rings is 1. The van der Waals surface area contributed by atoms with Gasteiger partial charge in [-0.15, -0.1) is 0 Å². The molecule has 2 nitrogen and oxygen atoms in total. The third-order valence-corrected chi connectivity index (χ3v) is 3.05. The third kappa shape index (κ3) is 3.56. The van der Waals surface area contributed by atoms with E-state index in [-0.39, 0.29) is 0 Å². The van der Waals surface area contributed by atoms with Crippen LogP contribution < -0.4 is 5.32 Å². The second kappa shape index (κ2) is 5.82. The Labute approximate surface area is 110 Å². The van der Waals surface area contributed by atoms with Crippen molar-refractivity contribution in [3.8, 4) is 0 Å². The Morgan fingerprint density at radius 1 is 1.12 bits per heavy atom. The summed E-state index contributed by atoms with van der Waals surface area (Å²) in [6.45, 7) is 2.95. The lowest BCUT2D eigenvalue weighted by atomic mass is 10.1. The van der Waals surface area contributed by atoms with Gasteiger partial charge in [-0.3, -0.25) is 4.98 Å². The van der Waals surface area contributed by atoms with Gasteiger partial charge >= 0.3 is 0 Å². The smallest absolute Gasteiger partial charge is 0.0416 e. The summed E-state index contributed by atoms with van der Waals surface area (Å²) in [7, 11) is 0. The first kappa shape index (κ1) is 12.1. The van der Waals surface area contributed by atoms with Gasteiger partial charge < -0.3 is 5.32 Å². The topological polar surface area (TPSA) is 24.9 Å². The van der Waals surface area contributed by atoms with Gasteiger partial charge in [-0.2, -0.15) is 0 Å². The number of anilines is 1. The van der Waals surface area contributed by atoms with E-state index in [0.717, 1.165) is 23.1 Å². The fourth-order valence-electron chi connectivity index (χ4n) is 1.61. The molecule has 0 unspecified atom stereocenters. The molecule has 0 saturated heterocycles. The summed E-state index contributed by atoms with van der Waals surface area (Å²) in [4.78, 5) is 4.14. The van der Waals surface area contributed by atoms with Crippen LogP contribution in [0, 0.1) is 0 Å². The zero-order chi connectivity index (χ0) is 12.1. The predicted octanol–water partition coefficient (Wildman–Crippen LogP) is 4.02. The first-order valence-corrected chi connectivity index (χ1v) is 6.49. The Balaban J connectivity index is 1.97. The first-order valence-electron chi connectivity index (χ1n) is 5.70. The number of aromatic nitrogens is 1. The van der Waals surface area contributed by atoms with E-state index >= 15 is 0 Å². The lowest BCUT2D eigenvalue weighted by Gasteiger charge is -2.07. The maximum Gasteiger partial charge on any atom is 0.0416 e. The maximum absolute atomic E-state index is 4.14. The Bertz CT molecular complexity index is 480. The van der Waals surface area contributed by atoms with Gasteiger partial charge in [0.25, 0.3) is 0 Å². The molecule has 3 heteroatoms. The van der Waals surface area contributed by atoms with Crippen LogP contribution in [0.4, 0.5) is 5.69 Å². The highest BCUT2D eigenvalue weighted by Crippen LogP contribution is 2.13. The van der Waals surface area contributed by atoms with Crippen molar-refractivity contribution in [1.82, 2.24) is 4.98 Å². The molecule has 0 fully saturated rings. The molecule has 0 aliphatic rings. The van der Waals surface area contributed by atoms with Gasteiger partial charge in [0.15, 0.2) is 0 Å². The Morgan fingerprint density at radius 3 is 2.53 bits per heavy atom. The molecule has 0 radical (unpaired) electrons. The minimum Gasteiger partial charge on any atom is -0.381 e. The molecular formula is C14H15BrN2. The average Bonchev–Trinajstić information content (AvgIpc) is 2.37. The van der Waals surface area contributed by atoms with E-state index in [4.69, 9.17) is 0 Å². The van der Waals surface area contributed by atoms with Crippen LogP contribution in [0.3, 0.4) is 0 Å². The highest BCUT2D eigenvalue weighted by molar-refractivity contribution is 9.10. The summed E-state index contributed by atoms with van der Waals surface area (Å²) in [5.41, 5.74) is 3.67. The standard InChI is InChI=1S/C14H15BrN2/c1-2-11-3-5-14(6-4-11)17-9-12-7-13(15)10-16-8-12/h3-8,10,17H,2,9H2,1H3. The number of aryl methyl sites for hydroxylation is 1. The molecule has 1 heterocycles. The lowest BCUT2D eigenvalue weighted by Crippen LogP contribution is -1.99. The van der Waals surface area contributed by atoms with E-state index < -0.39 is 0 Å². The van der Waals surface area contributed by atoms with Crippen LogP contribution in [0.15, 0.2) is 47.2 Å². The van der Waals surface area contributed by atoms with Crippen molar-refractivity contribution < 1.29 is 0 Å². The summed E-state index contributed by atoms with van der Waals surface area (Å²) in [6.07, 6.45) is 4.74. The van der Waals surface area contributed by atoms with E-state index in [9.17, 15) is 0 Å². The fourth-order valence-corrected chi connectivity index (χ4v) is 2.03. The van der Waals surface area contributed by atoms with Crippen molar-refractivity contribution in [3.05, 3.63) is 58.3 Å². The third-order valence-electron chi connectivity index (χ3n) is 2.62. The summed E-state index contributed by atoms with van der Waals surface area (Å²) in [6, 6.07) is 10.6. The number of nitrogens with zero attached hydrogens (tertiary/aromatic N) is 1. The van der Waals surface area contributed by atoms with Crippen LogP contribution in [0.1, 0.15) is 18.1 Å². The molecule has 1 aromatic heterocycles. The quantitative estimate of drug-likeness (QED) is 0.920. The van der Waals surface area contributed by atoms with E-state index in [1.165, 1.54) is 11.1 Å². The molecule has 0 amide bonds. The number of rotatable bonds is 4. The molecule has 0 atom stereocenters. The minimum atomic E-state index is 0.790. The molecular weight excluding hydrogens is 276 g/mol. The molecule has 0 aliphatic heterocycles. The van der Waals surface area contributed by atoms with Crippen LogP contribution in [-0.2, 0) is 13.0 Å². The van der Waals surface area contributed by atoms with Crippen molar-refractivity contribution in [1.29, 1.82) is 0 Å². The van der Waals surface area contributed by atoms with Crippen molar-refractivity contribution >= 4 is 21.6 Å². The Hall–Kier alpha value is -1.35. The molecule has 2 rings (SSSR count). The molecule has 0 spiro atoms. The summed E-state index contributed by atoms with van der Waals surface area (Å²) >= 11 is 3.42. The number of hydrogen-bond acceptors (Lipinski definition) is 2. The van der Waals surface area contributed by atoms with E-state index in [1.807, 2.05) is 6.20 Å². The summed E-state index contributed by atoms with van der Waals surface area (Å²) in [5, 5.41) is 3.38. The second-order valence-electron chi connectivity index (χ2n) is 3.92. The van der Waals surface area contributed by atoms with E-state index in [1.54, 1.807) is 6.20 Å². The molecule has 17 heavy (non-hydrogen) atoms. The average molecular weight is 291 g/mol. The van der Waals surface area contributed by atoms with Crippen molar-refractivity contribution in [3.63, 3.8) is 0 Å². The van der Waals surface area contributed by atoms with Crippen LogP contribution in [0.2, 0.25) is 0 Å². The highest BCUT2D eigenvalue weighted by Gasteiger charge is 1.96. The summed E-state index contributed by atoms with van der Waals surface area (Å²) in [5.74, 6) is 0. The van der Waals surface area contributed by atoms with Crippen molar-refractivity contribution in [2.24, 2.45) is 0 Å². The van der Waals surface area contributed by atoms with Crippen molar-refractivity contribution in [2.75, 3.05) is 5.32 Å². The van der Waals surface area contributed by atoms with Crippen molar-refractivity contribution in [2.45, 2.75) is 19.9 Å². The minimum absolute atomic E-state index is 0.790. The monoisotopic (exact) mass is 290 g/mol. The summed E-state index contributed by atoms with van der Waals surface area (Å²) < 4.78 is 1.01. The molecule has 0 bridgehead atoms. The van der Waals surface area contributed by atoms with Gasteiger partial charge in [0, 0.05) is 29.1 Å². The van der Waals surface area contributed by atoms with Gasteiger partial charge in [0.1, 0.15) is 0 Å². The zero-order valence-corrected chi connectivity index (χ0v) is 11.4. The Kier molecular flexibility index (Phi) is 4.15. The second-order valence-corrected chi connectivity index (χ2v) is 4.83. The van der Waals surface area contributed by atoms with Crippen LogP contribution in [-0.4, -0.2) is 4.98 Å². The SMILES string of the molecule is CCc1ccc(NCc2cncc(Br)c2)cc1. The van der Waals surface area contributed by atoms with Crippen LogP contribution in [0.5, 0.6) is 0 Å². The zero-order valence-electron chi connectivity index (χ0n) is 9.78. The number of nitrogens with one attached hydrogen (secondary N) is 1. The van der Waals surface area contributed by atoms with Gasteiger partial charge in [0.05, 0.1) is 0 Å². The molecule has 1 N–H and O–H groups in total. The number of halogens is 1. The molecule has 88 valence electrons. The van der Waals surface area contributed by atoms with Crippen LogP contribution in [0.25, 0.3) is 0 Å². The Morgan fingerprint density at radius 2 is 1.88 bits per heavy atom. The lowest BCUT2D eigenvalue weighted by molar-refractivity contribution is 1.10. The van der Waals surface area contributed by atoms with Gasteiger partial charge in [-0.25, -0.2) is 0 Å². The first-order chi connectivity index (χ1) is 8.28. The molecule has 0 aliphatic carbocycles. The van der Waals surface area contributed by atoms with Gasteiger partial charge in [-0.05, 0) is 51.7 Å². The maximum atomic E-state index is 4.14.